The van der Waals surface area contributed by atoms with Gasteiger partial charge in [-0.1, -0.05) is 23.7 Å². The van der Waals surface area contributed by atoms with E-state index in [4.69, 9.17) is 11.6 Å². The maximum Gasteiger partial charge on any atom is 0.255 e. The zero-order chi connectivity index (χ0) is 17.8. The molecule has 0 saturated heterocycles. The van der Waals surface area contributed by atoms with Crippen molar-refractivity contribution in [3.8, 4) is 0 Å². The third-order valence-electron chi connectivity index (χ3n) is 3.95. The van der Waals surface area contributed by atoms with Crippen molar-refractivity contribution in [1.29, 1.82) is 0 Å². The van der Waals surface area contributed by atoms with Gasteiger partial charge < -0.3 is 5.32 Å². The zero-order valence-corrected chi connectivity index (χ0v) is 14.5. The Hall–Kier alpha value is -2.66. The molecule has 0 atom stereocenters. The van der Waals surface area contributed by atoms with Gasteiger partial charge in [0.2, 0.25) is 5.91 Å². The van der Waals surface area contributed by atoms with Gasteiger partial charge in [-0.25, -0.2) is 5.43 Å². The van der Waals surface area contributed by atoms with Crippen LogP contribution in [0.3, 0.4) is 0 Å². The molecule has 0 radical (unpaired) electrons. The van der Waals surface area contributed by atoms with E-state index in [-0.39, 0.29) is 17.7 Å². The molecule has 1 aliphatic rings. The Balaban J connectivity index is 1.61. The monoisotopic (exact) mass is 355 g/mol. The average Bonchev–Trinajstić information content (AvgIpc) is 3.45. The van der Waals surface area contributed by atoms with Crippen LogP contribution in [0.4, 0.5) is 5.69 Å². The summed E-state index contributed by atoms with van der Waals surface area (Å²) in [5, 5.41) is 7.53. The fourth-order valence-corrected chi connectivity index (χ4v) is 2.37. The lowest BCUT2D eigenvalue weighted by Crippen LogP contribution is -2.20. The molecule has 0 unspecified atom stereocenters. The number of carbonyl (C=O) groups is 2. The molecule has 6 heteroatoms. The van der Waals surface area contributed by atoms with Crippen LogP contribution in [-0.2, 0) is 4.79 Å². The molecule has 0 heterocycles. The molecule has 0 aromatic heterocycles. The molecule has 1 fully saturated rings. The highest BCUT2D eigenvalue weighted by atomic mass is 35.5. The third kappa shape index (κ3) is 4.67. The molecule has 128 valence electrons. The summed E-state index contributed by atoms with van der Waals surface area (Å²) in [4.78, 5) is 23.8. The second-order valence-electron chi connectivity index (χ2n) is 5.99. The molecule has 0 spiro atoms. The summed E-state index contributed by atoms with van der Waals surface area (Å²) in [6.45, 7) is 1.83. The lowest BCUT2D eigenvalue weighted by atomic mass is 10.1. The van der Waals surface area contributed by atoms with E-state index in [2.05, 4.69) is 15.8 Å². The molecule has 25 heavy (non-hydrogen) atoms. The van der Waals surface area contributed by atoms with Crippen LogP contribution in [0.5, 0.6) is 0 Å². The van der Waals surface area contributed by atoms with E-state index in [1.54, 1.807) is 36.4 Å². The van der Waals surface area contributed by atoms with Gasteiger partial charge in [-0.2, -0.15) is 5.10 Å². The van der Waals surface area contributed by atoms with Crippen molar-refractivity contribution >= 4 is 34.8 Å². The van der Waals surface area contributed by atoms with Crippen LogP contribution in [0.15, 0.2) is 53.6 Å². The second kappa shape index (κ2) is 7.49. The van der Waals surface area contributed by atoms with Crippen LogP contribution >= 0.6 is 11.6 Å². The molecule has 1 saturated carbocycles. The third-order valence-corrected chi connectivity index (χ3v) is 4.20. The summed E-state index contributed by atoms with van der Waals surface area (Å²) in [7, 11) is 0. The first kappa shape index (κ1) is 17.2. The summed E-state index contributed by atoms with van der Waals surface area (Å²) < 4.78 is 0. The standard InChI is InChI=1S/C19H18ClN3O2/c1-12(22-23-19(25)15-2-3-15)13-6-10-17(11-7-13)21-18(24)14-4-8-16(20)9-5-14/h4-11,15H,2-3H2,1H3,(H,21,24)(H,23,25)/b22-12+. The average molecular weight is 356 g/mol. The van der Waals surface area contributed by atoms with E-state index in [1.165, 1.54) is 0 Å². The number of hydrogen-bond donors (Lipinski definition) is 2. The molecular formula is C19H18ClN3O2. The minimum Gasteiger partial charge on any atom is -0.322 e. The molecule has 3 rings (SSSR count). The molecule has 2 aromatic carbocycles. The van der Waals surface area contributed by atoms with Gasteiger partial charge >= 0.3 is 0 Å². The number of carbonyl (C=O) groups excluding carboxylic acids is 2. The molecule has 1 aliphatic carbocycles. The van der Waals surface area contributed by atoms with Crippen molar-refractivity contribution in [2.45, 2.75) is 19.8 Å². The van der Waals surface area contributed by atoms with Gasteiger partial charge in [-0.05, 0) is 61.7 Å². The Bertz CT molecular complexity index is 810. The largest absolute Gasteiger partial charge is 0.322 e. The lowest BCUT2D eigenvalue weighted by molar-refractivity contribution is -0.122. The van der Waals surface area contributed by atoms with Crippen LogP contribution in [0.25, 0.3) is 0 Å². The molecular weight excluding hydrogens is 338 g/mol. The highest BCUT2D eigenvalue weighted by Gasteiger charge is 2.29. The van der Waals surface area contributed by atoms with E-state index in [1.807, 2.05) is 19.1 Å². The summed E-state index contributed by atoms with van der Waals surface area (Å²) in [6.07, 6.45) is 1.89. The Morgan fingerprint density at radius 3 is 2.20 bits per heavy atom. The minimum atomic E-state index is -0.202. The predicted molar refractivity (Wildman–Crippen MR) is 98.9 cm³/mol. The molecule has 2 aromatic rings. The topological polar surface area (TPSA) is 70.6 Å². The maximum absolute atomic E-state index is 12.2. The SMILES string of the molecule is C/C(=N\NC(=O)C1CC1)c1ccc(NC(=O)c2ccc(Cl)cc2)cc1. The van der Waals surface area contributed by atoms with E-state index in [0.29, 0.717) is 22.0 Å². The number of benzene rings is 2. The Morgan fingerprint density at radius 1 is 1.00 bits per heavy atom. The fraction of sp³-hybridized carbons (Fsp3) is 0.211. The van der Waals surface area contributed by atoms with Gasteiger partial charge in [0.15, 0.2) is 0 Å². The number of hydrogen-bond acceptors (Lipinski definition) is 3. The van der Waals surface area contributed by atoms with Gasteiger partial charge in [0.25, 0.3) is 5.91 Å². The van der Waals surface area contributed by atoms with Crippen LogP contribution in [-0.4, -0.2) is 17.5 Å². The highest BCUT2D eigenvalue weighted by molar-refractivity contribution is 6.30. The number of halogens is 1. The van der Waals surface area contributed by atoms with Gasteiger partial charge in [0, 0.05) is 22.2 Å². The van der Waals surface area contributed by atoms with Crippen LogP contribution in [0.1, 0.15) is 35.7 Å². The lowest BCUT2D eigenvalue weighted by Gasteiger charge is -2.07. The minimum absolute atomic E-state index is 0.0220. The first-order valence-corrected chi connectivity index (χ1v) is 8.42. The quantitative estimate of drug-likeness (QED) is 0.631. The number of nitrogens with one attached hydrogen (secondary N) is 2. The van der Waals surface area contributed by atoms with Crippen molar-refractivity contribution in [3.05, 3.63) is 64.7 Å². The van der Waals surface area contributed by atoms with E-state index in [9.17, 15) is 9.59 Å². The van der Waals surface area contributed by atoms with Gasteiger partial charge in [0.05, 0.1) is 5.71 Å². The number of nitrogens with zero attached hydrogens (tertiary/aromatic N) is 1. The second-order valence-corrected chi connectivity index (χ2v) is 6.42. The van der Waals surface area contributed by atoms with Crippen molar-refractivity contribution in [2.24, 2.45) is 11.0 Å². The summed E-state index contributed by atoms with van der Waals surface area (Å²) in [5.41, 5.74) is 5.39. The molecule has 0 bridgehead atoms. The smallest absolute Gasteiger partial charge is 0.255 e. The number of rotatable bonds is 5. The highest BCUT2D eigenvalue weighted by Crippen LogP contribution is 2.28. The van der Waals surface area contributed by atoms with Crippen LogP contribution in [0.2, 0.25) is 5.02 Å². The van der Waals surface area contributed by atoms with Gasteiger partial charge in [-0.15, -0.1) is 0 Å². The molecule has 5 nitrogen and oxygen atoms in total. The summed E-state index contributed by atoms with van der Waals surface area (Å²) in [6, 6.07) is 14.0. The Kier molecular flexibility index (Phi) is 5.14. The normalized spacial score (nSPS) is 14.1. The maximum atomic E-state index is 12.2. The fourth-order valence-electron chi connectivity index (χ4n) is 2.24. The van der Waals surface area contributed by atoms with Gasteiger partial charge in [0.1, 0.15) is 0 Å². The number of amides is 2. The molecule has 0 aliphatic heterocycles. The van der Waals surface area contributed by atoms with Crippen molar-refractivity contribution in [3.63, 3.8) is 0 Å². The van der Waals surface area contributed by atoms with Crippen molar-refractivity contribution in [1.82, 2.24) is 5.43 Å². The Labute approximate surface area is 151 Å². The Morgan fingerprint density at radius 2 is 1.60 bits per heavy atom. The molecule has 2 N–H and O–H groups in total. The summed E-state index contributed by atoms with van der Waals surface area (Å²) >= 11 is 5.82. The number of hydrazone groups is 1. The number of anilines is 1. The van der Waals surface area contributed by atoms with E-state index < -0.39 is 0 Å². The zero-order valence-electron chi connectivity index (χ0n) is 13.8. The van der Waals surface area contributed by atoms with Crippen molar-refractivity contribution < 1.29 is 9.59 Å². The van der Waals surface area contributed by atoms with Gasteiger partial charge in [-0.3, -0.25) is 9.59 Å². The van der Waals surface area contributed by atoms with E-state index >= 15 is 0 Å². The van der Waals surface area contributed by atoms with Crippen molar-refractivity contribution in [2.75, 3.05) is 5.32 Å². The predicted octanol–water partition coefficient (Wildman–Crippen LogP) is 3.84. The molecule has 2 amide bonds. The first-order valence-electron chi connectivity index (χ1n) is 8.04. The summed E-state index contributed by atoms with van der Waals surface area (Å²) in [5.74, 6) is -0.0975. The first-order chi connectivity index (χ1) is 12.0. The van der Waals surface area contributed by atoms with Crippen LogP contribution in [0, 0.1) is 5.92 Å². The van der Waals surface area contributed by atoms with Crippen LogP contribution < -0.4 is 10.7 Å². The van der Waals surface area contributed by atoms with E-state index in [0.717, 1.165) is 18.4 Å².